The highest BCUT2D eigenvalue weighted by Gasteiger charge is 2.36. The molecule has 2 bridgehead atoms. The molecular formula is C24H23N5O2. The summed E-state index contributed by atoms with van der Waals surface area (Å²) >= 11 is 0. The lowest BCUT2D eigenvalue weighted by atomic mass is 9.83. The number of aromatic nitrogens is 4. The maximum absolute atomic E-state index is 13.2. The van der Waals surface area contributed by atoms with Crippen LogP contribution in [-0.2, 0) is 17.9 Å². The first-order valence-corrected chi connectivity index (χ1v) is 10.7. The quantitative estimate of drug-likeness (QED) is 0.561. The molecule has 0 unspecified atom stereocenters. The number of nitrogens with zero attached hydrogens (tertiary/aromatic N) is 4. The lowest BCUT2D eigenvalue weighted by Crippen LogP contribution is -2.50. The van der Waals surface area contributed by atoms with Crippen molar-refractivity contribution in [3.63, 3.8) is 0 Å². The van der Waals surface area contributed by atoms with Crippen LogP contribution in [0.25, 0.3) is 22.3 Å². The van der Waals surface area contributed by atoms with E-state index < -0.39 is 0 Å². The molecule has 3 aromatic heterocycles. The summed E-state index contributed by atoms with van der Waals surface area (Å²) in [6, 6.07) is 14.1. The van der Waals surface area contributed by atoms with E-state index in [1.165, 1.54) is 0 Å². The first-order valence-electron chi connectivity index (χ1n) is 10.7. The summed E-state index contributed by atoms with van der Waals surface area (Å²) in [4.78, 5) is 35.5. The molecule has 6 rings (SSSR count). The van der Waals surface area contributed by atoms with Crippen molar-refractivity contribution in [3.8, 4) is 11.4 Å². The second kappa shape index (κ2) is 6.97. The van der Waals surface area contributed by atoms with Crippen molar-refractivity contribution >= 4 is 16.8 Å². The molecule has 2 aliphatic heterocycles. The smallest absolute Gasteiger partial charge is 0.261 e. The zero-order chi connectivity index (χ0) is 20.9. The van der Waals surface area contributed by atoms with Crippen LogP contribution in [0.3, 0.4) is 0 Å². The van der Waals surface area contributed by atoms with E-state index in [1.54, 1.807) is 12.4 Å². The summed E-state index contributed by atoms with van der Waals surface area (Å²) in [6.07, 6.45) is 6.39. The standard InChI is InChI=1S/C24H23N5O2/c30-22(15-27-10-7-17-3-1-2-4-20(17)27)28-12-16-11-18(14-28)21-6-5-19(23-25-8-9-26-23)24(31)29(21)13-16/h1-10,16,18H,11-15H2,(H,25,26)/t16-,18+/m0/s1. The van der Waals surface area contributed by atoms with Crippen LogP contribution in [-0.4, -0.2) is 43.0 Å². The molecule has 7 nitrogen and oxygen atoms in total. The van der Waals surface area contributed by atoms with Gasteiger partial charge in [0, 0.05) is 55.4 Å². The third-order valence-electron chi connectivity index (χ3n) is 6.70. The van der Waals surface area contributed by atoms with Crippen molar-refractivity contribution in [1.82, 2.24) is 24.0 Å². The Balaban J connectivity index is 1.26. The first kappa shape index (κ1) is 18.2. The maximum Gasteiger partial charge on any atom is 0.261 e. The Morgan fingerprint density at radius 3 is 2.87 bits per heavy atom. The van der Waals surface area contributed by atoms with E-state index in [0.717, 1.165) is 23.0 Å². The first-order chi connectivity index (χ1) is 15.2. The summed E-state index contributed by atoms with van der Waals surface area (Å²) < 4.78 is 3.92. The molecule has 5 heterocycles. The monoisotopic (exact) mass is 413 g/mol. The zero-order valence-electron chi connectivity index (χ0n) is 17.1. The van der Waals surface area contributed by atoms with Gasteiger partial charge in [0.15, 0.2) is 0 Å². The van der Waals surface area contributed by atoms with Gasteiger partial charge in [0.2, 0.25) is 5.91 Å². The average molecular weight is 413 g/mol. The SMILES string of the molecule is O=C(Cn1ccc2ccccc21)N1C[C@@H]2C[C@H](C1)c1ccc(-c3ncc[nH]3)c(=O)n1C2. The number of imidazole rings is 1. The third kappa shape index (κ3) is 3.00. The summed E-state index contributed by atoms with van der Waals surface area (Å²) in [6.45, 7) is 2.35. The van der Waals surface area contributed by atoms with Crippen molar-refractivity contribution in [2.24, 2.45) is 5.92 Å². The zero-order valence-corrected chi connectivity index (χ0v) is 17.1. The van der Waals surface area contributed by atoms with Gasteiger partial charge in [-0.1, -0.05) is 18.2 Å². The fourth-order valence-electron chi connectivity index (χ4n) is 5.27. The minimum atomic E-state index is 0.000683. The number of nitrogens with one attached hydrogen (secondary N) is 1. The van der Waals surface area contributed by atoms with Crippen LogP contribution < -0.4 is 5.56 Å². The van der Waals surface area contributed by atoms with E-state index >= 15 is 0 Å². The van der Waals surface area contributed by atoms with Gasteiger partial charge in [-0.15, -0.1) is 0 Å². The number of carbonyl (C=O) groups is 1. The number of pyridine rings is 1. The Hall–Kier alpha value is -3.61. The molecular weight excluding hydrogens is 390 g/mol. The summed E-state index contributed by atoms with van der Waals surface area (Å²) in [7, 11) is 0. The van der Waals surface area contributed by atoms with E-state index in [1.807, 2.05) is 56.6 Å². The normalized spacial score (nSPS) is 20.1. The number of aromatic amines is 1. The molecule has 4 aromatic rings. The molecule has 0 radical (unpaired) electrons. The van der Waals surface area contributed by atoms with Crippen LogP contribution in [0.2, 0.25) is 0 Å². The van der Waals surface area contributed by atoms with Gasteiger partial charge in [0.05, 0.1) is 5.56 Å². The number of rotatable bonds is 3. The largest absolute Gasteiger partial charge is 0.344 e. The number of hydrogen-bond acceptors (Lipinski definition) is 3. The predicted molar refractivity (Wildman–Crippen MR) is 118 cm³/mol. The van der Waals surface area contributed by atoms with Crippen molar-refractivity contribution in [2.45, 2.75) is 25.4 Å². The van der Waals surface area contributed by atoms with Gasteiger partial charge in [-0.05, 0) is 42.0 Å². The van der Waals surface area contributed by atoms with Gasteiger partial charge in [0.25, 0.3) is 5.56 Å². The van der Waals surface area contributed by atoms with E-state index in [0.29, 0.717) is 43.5 Å². The number of benzene rings is 1. The molecule has 7 heteroatoms. The fourth-order valence-corrected chi connectivity index (χ4v) is 5.27. The van der Waals surface area contributed by atoms with Gasteiger partial charge in [-0.2, -0.15) is 0 Å². The lowest BCUT2D eigenvalue weighted by Gasteiger charge is -2.43. The van der Waals surface area contributed by atoms with Crippen LogP contribution in [0.15, 0.2) is 65.8 Å². The average Bonchev–Trinajstić information content (AvgIpc) is 3.45. The van der Waals surface area contributed by atoms with Gasteiger partial charge in [0.1, 0.15) is 12.4 Å². The number of piperidine rings is 1. The molecule has 2 atom stereocenters. The van der Waals surface area contributed by atoms with E-state index in [-0.39, 0.29) is 17.4 Å². The molecule has 1 N–H and O–H groups in total. The predicted octanol–water partition coefficient (Wildman–Crippen LogP) is 2.84. The van der Waals surface area contributed by atoms with Crippen molar-refractivity contribution < 1.29 is 4.79 Å². The number of hydrogen-bond donors (Lipinski definition) is 1. The summed E-state index contributed by atoms with van der Waals surface area (Å²) in [5.41, 5.74) is 2.71. The molecule has 0 aliphatic carbocycles. The highest BCUT2D eigenvalue weighted by atomic mass is 16.2. The molecule has 156 valence electrons. The Bertz CT molecular complexity index is 1330. The fraction of sp³-hybridized carbons (Fsp3) is 0.292. The molecule has 1 amide bonds. The minimum absolute atomic E-state index is 0.000683. The summed E-state index contributed by atoms with van der Waals surface area (Å²) in [5, 5.41) is 1.14. The van der Waals surface area contributed by atoms with E-state index in [4.69, 9.17) is 0 Å². The number of para-hydroxylation sites is 1. The van der Waals surface area contributed by atoms with Crippen molar-refractivity contribution in [3.05, 3.63) is 77.1 Å². The van der Waals surface area contributed by atoms with Crippen molar-refractivity contribution in [2.75, 3.05) is 13.1 Å². The Morgan fingerprint density at radius 1 is 1.10 bits per heavy atom. The minimum Gasteiger partial charge on any atom is -0.344 e. The summed E-state index contributed by atoms with van der Waals surface area (Å²) in [5.74, 6) is 1.23. The second-order valence-corrected chi connectivity index (χ2v) is 8.63. The molecule has 0 saturated carbocycles. The number of amides is 1. The van der Waals surface area contributed by atoms with E-state index in [9.17, 15) is 9.59 Å². The maximum atomic E-state index is 13.2. The number of H-pyrrole nitrogens is 1. The Morgan fingerprint density at radius 2 is 2.00 bits per heavy atom. The number of carbonyl (C=O) groups excluding carboxylic acids is 1. The van der Waals surface area contributed by atoms with Crippen LogP contribution in [0.4, 0.5) is 0 Å². The lowest BCUT2D eigenvalue weighted by molar-refractivity contribution is -0.134. The molecule has 0 spiro atoms. The van der Waals surface area contributed by atoms with Gasteiger partial charge in [-0.3, -0.25) is 9.59 Å². The Labute approximate surface area is 178 Å². The number of fused-ring (bicyclic) bond motifs is 5. The highest BCUT2D eigenvalue weighted by molar-refractivity contribution is 5.83. The van der Waals surface area contributed by atoms with Crippen LogP contribution in [0, 0.1) is 5.92 Å². The number of likely N-dealkylation sites (tertiary alicyclic amines) is 1. The topological polar surface area (TPSA) is 75.9 Å². The van der Waals surface area contributed by atoms with Crippen LogP contribution in [0.5, 0.6) is 0 Å². The molecule has 31 heavy (non-hydrogen) atoms. The van der Waals surface area contributed by atoms with E-state index in [2.05, 4.69) is 16.0 Å². The highest BCUT2D eigenvalue weighted by Crippen LogP contribution is 2.35. The van der Waals surface area contributed by atoms with Crippen LogP contribution in [0.1, 0.15) is 18.0 Å². The third-order valence-corrected chi connectivity index (χ3v) is 6.70. The van der Waals surface area contributed by atoms with Crippen LogP contribution >= 0.6 is 0 Å². The molecule has 1 aromatic carbocycles. The van der Waals surface area contributed by atoms with Gasteiger partial charge in [-0.25, -0.2) is 4.98 Å². The molecule has 2 aliphatic rings. The van der Waals surface area contributed by atoms with Gasteiger partial charge >= 0.3 is 0 Å². The second-order valence-electron chi connectivity index (χ2n) is 8.63. The molecule has 1 saturated heterocycles. The van der Waals surface area contributed by atoms with Crippen molar-refractivity contribution in [1.29, 1.82) is 0 Å². The molecule has 1 fully saturated rings. The Kier molecular flexibility index (Phi) is 4.09. The van der Waals surface area contributed by atoms with Gasteiger partial charge < -0.3 is 19.0 Å².